The Bertz CT molecular complexity index is 1250. The van der Waals surface area contributed by atoms with Crippen LogP contribution in [0.1, 0.15) is 55.9 Å². The molecule has 5 rings (SSSR count). The van der Waals surface area contributed by atoms with Gasteiger partial charge in [0.25, 0.3) is 5.91 Å². The summed E-state index contributed by atoms with van der Waals surface area (Å²) in [6.45, 7) is 2.02. The minimum absolute atomic E-state index is 0.0826. The standard InChI is InChI=1S/C27H30FN3O3/c1-27(26(33)29-20-9-5-3-4-6-10-20)17-30-23-16-22(34-2)13-12-18(23)14-24(30)25(32)31(27)21-11-7-8-19(28)15-21/h7-8,11-16,20H,3-6,9-10,17H2,1-2H3,(H,29,33)/t27-/m1/s1. The Kier molecular flexibility index (Phi) is 5.80. The van der Waals surface area contributed by atoms with E-state index >= 15 is 0 Å². The number of methoxy groups -OCH3 is 1. The molecule has 0 radical (unpaired) electrons. The number of rotatable bonds is 4. The van der Waals surface area contributed by atoms with Crippen LogP contribution in [0.2, 0.25) is 0 Å². The maximum atomic E-state index is 14.2. The first kappa shape index (κ1) is 22.4. The number of ether oxygens (including phenoxy) is 1. The lowest BCUT2D eigenvalue weighted by molar-refractivity contribution is -0.127. The van der Waals surface area contributed by atoms with Crippen LogP contribution in [0.3, 0.4) is 0 Å². The molecule has 6 nitrogen and oxygen atoms in total. The normalized spacial score (nSPS) is 21.3. The number of benzene rings is 2. The van der Waals surface area contributed by atoms with Crippen molar-refractivity contribution in [3.05, 3.63) is 60.0 Å². The first-order valence-electron chi connectivity index (χ1n) is 12.0. The zero-order valence-corrected chi connectivity index (χ0v) is 19.6. The molecule has 178 valence electrons. The summed E-state index contributed by atoms with van der Waals surface area (Å²) in [5.41, 5.74) is 0.430. The number of halogens is 1. The average molecular weight is 464 g/mol. The highest BCUT2D eigenvalue weighted by molar-refractivity contribution is 6.14. The van der Waals surface area contributed by atoms with E-state index < -0.39 is 11.4 Å². The Morgan fingerprint density at radius 3 is 2.56 bits per heavy atom. The van der Waals surface area contributed by atoms with E-state index in [2.05, 4.69) is 5.32 Å². The van der Waals surface area contributed by atoms with Crippen LogP contribution in [0.25, 0.3) is 10.9 Å². The van der Waals surface area contributed by atoms with Crippen molar-refractivity contribution >= 4 is 28.4 Å². The summed E-state index contributed by atoms with van der Waals surface area (Å²) in [7, 11) is 1.60. The van der Waals surface area contributed by atoms with E-state index in [4.69, 9.17) is 4.74 Å². The smallest absolute Gasteiger partial charge is 0.275 e. The summed E-state index contributed by atoms with van der Waals surface area (Å²) >= 11 is 0. The molecule has 1 aliphatic heterocycles. The highest BCUT2D eigenvalue weighted by Gasteiger charge is 2.49. The van der Waals surface area contributed by atoms with Gasteiger partial charge in [-0.05, 0) is 56.2 Å². The zero-order valence-electron chi connectivity index (χ0n) is 19.6. The van der Waals surface area contributed by atoms with Crippen molar-refractivity contribution in [1.82, 2.24) is 9.88 Å². The lowest BCUT2D eigenvalue weighted by atomic mass is 9.92. The van der Waals surface area contributed by atoms with Crippen molar-refractivity contribution in [2.45, 2.75) is 63.6 Å². The molecule has 0 saturated heterocycles. The van der Waals surface area contributed by atoms with Gasteiger partial charge in [0.15, 0.2) is 0 Å². The molecular formula is C27H30FN3O3. The third-order valence-corrected chi connectivity index (χ3v) is 7.24. The summed E-state index contributed by atoms with van der Waals surface area (Å²) in [4.78, 5) is 29.2. The monoisotopic (exact) mass is 463 g/mol. The molecule has 2 heterocycles. The van der Waals surface area contributed by atoms with Gasteiger partial charge in [0.1, 0.15) is 22.8 Å². The zero-order chi connectivity index (χ0) is 23.9. The molecule has 1 N–H and O–H groups in total. The van der Waals surface area contributed by atoms with E-state index in [1.54, 1.807) is 26.2 Å². The fourth-order valence-electron chi connectivity index (χ4n) is 5.38. The number of nitrogens with zero attached hydrogens (tertiary/aromatic N) is 2. The molecule has 1 atom stereocenters. The first-order chi connectivity index (χ1) is 16.4. The Morgan fingerprint density at radius 1 is 1.09 bits per heavy atom. The fraction of sp³-hybridized carbons (Fsp3) is 0.407. The largest absolute Gasteiger partial charge is 0.497 e. The van der Waals surface area contributed by atoms with E-state index in [-0.39, 0.29) is 24.4 Å². The van der Waals surface area contributed by atoms with Gasteiger partial charge in [-0.2, -0.15) is 0 Å². The van der Waals surface area contributed by atoms with Crippen LogP contribution in [0.15, 0.2) is 48.5 Å². The summed E-state index contributed by atoms with van der Waals surface area (Å²) in [5.74, 6) is -0.316. The molecule has 1 aromatic heterocycles. The molecule has 0 spiro atoms. The Labute approximate surface area is 198 Å². The maximum Gasteiger partial charge on any atom is 0.275 e. The van der Waals surface area contributed by atoms with Crippen LogP contribution >= 0.6 is 0 Å². The molecule has 7 heteroatoms. The van der Waals surface area contributed by atoms with Crippen molar-refractivity contribution < 1.29 is 18.7 Å². The van der Waals surface area contributed by atoms with Crippen LogP contribution in [0.5, 0.6) is 5.75 Å². The molecule has 3 aromatic rings. The highest BCUT2D eigenvalue weighted by atomic mass is 19.1. The Morgan fingerprint density at radius 2 is 1.85 bits per heavy atom. The van der Waals surface area contributed by atoms with Gasteiger partial charge in [-0.1, -0.05) is 31.7 Å². The van der Waals surface area contributed by atoms with Crippen molar-refractivity contribution in [2.75, 3.05) is 12.0 Å². The molecule has 0 unspecified atom stereocenters. The topological polar surface area (TPSA) is 63.6 Å². The number of aromatic nitrogens is 1. The van der Waals surface area contributed by atoms with Crippen molar-refractivity contribution in [3.8, 4) is 5.75 Å². The van der Waals surface area contributed by atoms with Crippen LogP contribution in [0, 0.1) is 5.82 Å². The lowest BCUT2D eigenvalue weighted by Gasteiger charge is -2.44. The highest BCUT2D eigenvalue weighted by Crippen LogP contribution is 2.37. The van der Waals surface area contributed by atoms with E-state index in [1.165, 1.54) is 29.9 Å². The summed E-state index contributed by atoms with van der Waals surface area (Å²) in [6.07, 6.45) is 6.40. The molecule has 1 fully saturated rings. The maximum absolute atomic E-state index is 14.2. The second kappa shape index (κ2) is 8.78. The second-order valence-electron chi connectivity index (χ2n) is 9.60. The van der Waals surface area contributed by atoms with Crippen molar-refractivity contribution in [1.29, 1.82) is 0 Å². The van der Waals surface area contributed by atoms with Gasteiger partial charge in [-0.3, -0.25) is 14.5 Å². The number of anilines is 1. The van der Waals surface area contributed by atoms with Gasteiger partial charge in [0, 0.05) is 23.2 Å². The van der Waals surface area contributed by atoms with Crippen LogP contribution in [0.4, 0.5) is 10.1 Å². The molecule has 2 amide bonds. The Balaban J connectivity index is 1.61. The quantitative estimate of drug-likeness (QED) is 0.551. The van der Waals surface area contributed by atoms with Gasteiger partial charge >= 0.3 is 0 Å². The minimum atomic E-state index is -1.24. The van der Waals surface area contributed by atoms with E-state index in [0.29, 0.717) is 17.1 Å². The minimum Gasteiger partial charge on any atom is -0.497 e. The number of carbonyl (C=O) groups excluding carboxylic acids is 2. The predicted molar refractivity (Wildman–Crippen MR) is 130 cm³/mol. The number of amides is 2. The number of hydrogen-bond donors (Lipinski definition) is 1. The van der Waals surface area contributed by atoms with Gasteiger partial charge in [0.05, 0.1) is 19.2 Å². The molecule has 1 aliphatic carbocycles. The van der Waals surface area contributed by atoms with Crippen LogP contribution in [-0.4, -0.2) is 35.1 Å². The molecule has 0 bridgehead atoms. The predicted octanol–water partition coefficient (Wildman–Crippen LogP) is 5.05. The lowest BCUT2D eigenvalue weighted by Crippen LogP contribution is -2.65. The summed E-state index contributed by atoms with van der Waals surface area (Å²) in [5, 5.41) is 4.12. The number of nitrogens with one attached hydrogen (secondary N) is 1. The van der Waals surface area contributed by atoms with Gasteiger partial charge in [0.2, 0.25) is 5.91 Å². The van der Waals surface area contributed by atoms with E-state index in [1.807, 2.05) is 28.8 Å². The third kappa shape index (κ3) is 3.83. The molecule has 1 saturated carbocycles. The Hall–Kier alpha value is -3.35. The summed E-state index contributed by atoms with van der Waals surface area (Å²) < 4.78 is 21.5. The molecule has 2 aromatic carbocycles. The number of fused-ring (bicyclic) bond motifs is 3. The second-order valence-corrected chi connectivity index (χ2v) is 9.60. The van der Waals surface area contributed by atoms with Gasteiger partial charge in [-0.25, -0.2) is 4.39 Å². The molecule has 34 heavy (non-hydrogen) atoms. The number of carbonyl (C=O) groups is 2. The SMILES string of the molecule is COc1ccc2cc3n(c2c1)C[C@](C)(C(=O)NC1CCCCCC1)N(c1cccc(F)c1)C3=O. The average Bonchev–Trinajstić information content (AvgIpc) is 2.98. The van der Waals surface area contributed by atoms with E-state index in [0.717, 1.165) is 36.6 Å². The molecular weight excluding hydrogens is 433 g/mol. The summed E-state index contributed by atoms with van der Waals surface area (Å²) in [6, 6.07) is 13.4. The number of hydrogen-bond acceptors (Lipinski definition) is 3. The van der Waals surface area contributed by atoms with Gasteiger partial charge < -0.3 is 14.6 Å². The fourth-order valence-corrected chi connectivity index (χ4v) is 5.38. The van der Waals surface area contributed by atoms with Gasteiger partial charge in [-0.15, -0.1) is 0 Å². The van der Waals surface area contributed by atoms with Crippen molar-refractivity contribution in [3.63, 3.8) is 0 Å². The van der Waals surface area contributed by atoms with E-state index in [9.17, 15) is 14.0 Å². The first-order valence-corrected chi connectivity index (χ1v) is 12.0. The van der Waals surface area contributed by atoms with Crippen LogP contribution < -0.4 is 15.0 Å². The van der Waals surface area contributed by atoms with Crippen LogP contribution in [-0.2, 0) is 11.3 Å². The molecule has 2 aliphatic rings. The third-order valence-electron chi connectivity index (χ3n) is 7.24. The van der Waals surface area contributed by atoms with Crippen molar-refractivity contribution in [2.24, 2.45) is 0 Å².